The van der Waals surface area contributed by atoms with Gasteiger partial charge in [0.05, 0.1) is 16.5 Å². The van der Waals surface area contributed by atoms with Gasteiger partial charge in [0.25, 0.3) is 0 Å². The van der Waals surface area contributed by atoms with E-state index in [1.165, 1.54) is 0 Å². The van der Waals surface area contributed by atoms with Gasteiger partial charge in [0, 0.05) is 0 Å². The molecule has 0 aliphatic rings. The summed E-state index contributed by atoms with van der Waals surface area (Å²) in [6, 6.07) is 0.989. The highest BCUT2D eigenvalue weighted by atomic mass is 35.5. The summed E-state index contributed by atoms with van der Waals surface area (Å²) in [5, 5.41) is -1.05. The molecule has 1 rings (SSSR count). The first-order valence-corrected chi connectivity index (χ1v) is 6.64. The van der Waals surface area contributed by atoms with Crippen LogP contribution in [-0.2, 0) is 22.6 Å². The van der Waals surface area contributed by atoms with E-state index < -0.39 is 39.7 Å². The summed E-state index contributed by atoms with van der Waals surface area (Å²) >= 11 is 5.24. The second-order valence-corrected chi connectivity index (χ2v) is 5.04. The van der Waals surface area contributed by atoms with Crippen molar-refractivity contribution in [2.24, 2.45) is 0 Å². The minimum Gasteiger partial charge on any atom is -0.280 e. The van der Waals surface area contributed by atoms with Gasteiger partial charge < -0.3 is 0 Å². The minimum absolute atomic E-state index is 0.00170. The minimum atomic E-state index is -4.96. The van der Waals surface area contributed by atoms with Crippen molar-refractivity contribution in [3.05, 3.63) is 34.9 Å². The number of carbonyl (C=O) groups excluding carboxylic acids is 1. The van der Waals surface area contributed by atoms with Gasteiger partial charge in [-0.05, 0) is 49.2 Å². The van der Waals surface area contributed by atoms with E-state index in [4.69, 9.17) is 11.6 Å². The van der Waals surface area contributed by atoms with Crippen LogP contribution in [0.3, 0.4) is 0 Å². The van der Waals surface area contributed by atoms with E-state index >= 15 is 0 Å². The Bertz CT molecular complexity index is 499. The lowest BCUT2D eigenvalue weighted by Crippen LogP contribution is -2.26. The van der Waals surface area contributed by atoms with Gasteiger partial charge in [-0.2, -0.15) is 26.3 Å². The monoisotopic (exact) mass is 348 g/mol. The Labute approximate surface area is 129 Å². The van der Waals surface area contributed by atoms with Crippen LogP contribution in [0.5, 0.6) is 0 Å². The van der Waals surface area contributed by atoms with Crippen LogP contribution in [0.2, 0.25) is 0 Å². The van der Waals surface area contributed by atoms with E-state index in [9.17, 15) is 31.1 Å². The molecule has 0 aliphatic heterocycles. The molecule has 0 saturated carbocycles. The Hall–Kier alpha value is -1.24. The molecule has 0 fully saturated rings. The lowest BCUT2D eigenvalue weighted by atomic mass is 9.84. The van der Waals surface area contributed by atoms with Crippen LogP contribution in [0.15, 0.2) is 18.2 Å². The summed E-state index contributed by atoms with van der Waals surface area (Å²) in [7, 11) is 0. The molecule has 0 atom stereocenters. The van der Waals surface area contributed by atoms with Crippen molar-refractivity contribution in [1.82, 2.24) is 0 Å². The zero-order chi connectivity index (χ0) is 17.9. The average Bonchev–Trinajstić information content (AvgIpc) is 2.38. The molecule has 8 heteroatoms. The molecule has 0 heterocycles. The standard InChI is InChI=1S/C12H9ClF6O.C2H6/c1-10(2,9(13)20)6-3-7(11(14,15)16)5-8(4-6)12(17,18)19;1-2/h3-5H,1-2H3;1-2H3. The van der Waals surface area contributed by atoms with E-state index in [2.05, 4.69) is 0 Å². The smallest absolute Gasteiger partial charge is 0.280 e. The van der Waals surface area contributed by atoms with Crippen LogP contribution in [0, 0.1) is 0 Å². The molecule has 0 amide bonds. The Kier molecular flexibility index (Phi) is 6.51. The van der Waals surface area contributed by atoms with Gasteiger partial charge in [-0.15, -0.1) is 0 Å². The number of halogens is 7. The van der Waals surface area contributed by atoms with Crippen molar-refractivity contribution >= 4 is 16.8 Å². The molecule has 0 saturated heterocycles. The van der Waals surface area contributed by atoms with Gasteiger partial charge in [-0.25, -0.2) is 0 Å². The fraction of sp³-hybridized carbons (Fsp3) is 0.500. The molecule has 1 aromatic carbocycles. The highest BCUT2D eigenvalue weighted by Gasteiger charge is 2.39. The van der Waals surface area contributed by atoms with Crippen LogP contribution >= 0.6 is 11.6 Å². The van der Waals surface area contributed by atoms with Crippen LogP contribution in [0.4, 0.5) is 26.3 Å². The summed E-state index contributed by atoms with van der Waals surface area (Å²) < 4.78 is 75.8. The van der Waals surface area contributed by atoms with E-state index in [0.717, 1.165) is 13.8 Å². The summed E-state index contributed by atoms with van der Waals surface area (Å²) in [4.78, 5) is 11.2. The Balaban J connectivity index is 0.00000211. The van der Waals surface area contributed by atoms with E-state index in [1.54, 1.807) is 0 Å². The van der Waals surface area contributed by atoms with Gasteiger partial charge in [0.15, 0.2) is 0 Å². The Morgan fingerprint density at radius 2 is 1.09 bits per heavy atom. The van der Waals surface area contributed by atoms with E-state index in [0.29, 0.717) is 12.1 Å². The first kappa shape index (κ1) is 20.8. The van der Waals surface area contributed by atoms with Crippen LogP contribution in [0.25, 0.3) is 0 Å². The molecule has 0 radical (unpaired) electrons. The van der Waals surface area contributed by atoms with Crippen molar-refractivity contribution in [1.29, 1.82) is 0 Å². The van der Waals surface area contributed by atoms with Crippen LogP contribution in [-0.4, -0.2) is 5.24 Å². The third kappa shape index (κ3) is 4.90. The fourth-order valence-electron chi connectivity index (χ4n) is 1.43. The largest absolute Gasteiger partial charge is 0.416 e. The molecule has 0 aromatic heterocycles. The van der Waals surface area contributed by atoms with Crippen molar-refractivity contribution < 1.29 is 31.1 Å². The molecular formula is C14H15ClF6O. The molecule has 1 aromatic rings. The van der Waals surface area contributed by atoms with Crippen LogP contribution < -0.4 is 0 Å². The first-order valence-electron chi connectivity index (χ1n) is 6.26. The van der Waals surface area contributed by atoms with Crippen molar-refractivity contribution in [3.8, 4) is 0 Å². The van der Waals surface area contributed by atoms with Gasteiger partial charge in [-0.1, -0.05) is 13.8 Å². The third-order valence-electron chi connectivity index (χ3n) is 2.80. The second kappa shape index (κ2) is 6.89. The number of alkyl halides is 6. The van der Waals surface area contributed by atoms with Crippen molar-refractivity contribution in [2.75, 3.05) is 0 Å². The zero-order valence-electron chi connectivity index (χ0n) is 12.3. The van der Waals surface area contributed by atoms with Crippen molar-refractivity contribution in [3.63, 3.8) is 0 Å². The number of benzene rings is 1. The average molecular weight is 349 g/mol. The fourth-order valence-corrected chi connectivity index (χ4v) is 1.54. The Morgan fingerprint density at radius 3 is 1.32 bits per heavy atom. The maximum absolute atomic E-state index is 12.6. The molecule has 0 unspecified atom stereocenters. The number of hydrogen-bond acceptors (Lipinski definition) is 1. The summed E-state index contributed by atoms with van der Waals surface area (Å²) in [5.74, 6) is 0. The predicted molar refractivity (Wildman–Crippen MR) is 71.7 cm³/mol. The molecule has 22 heavy (non-hydrogen) atoms. The van der Waals surface area contributed by atoms with Gasteiger partial charge in [0.2, 0.25) is 5.24 Å². The maximum atomic E-state index is 12.6. The number of rotatable bonds is 2. The molecule has 126 valence electrons. The molecule has 0 spiro atoms. The number of hydrogen-bond donors (Lipinski definition) is 0. The summed E-state index contributed by atoms with van der Waals surface area (Å²) in [6.07, 6.45) is -9.91. The SMILES string of the molecule is CC.CC(C)(C(=O)Cl)c1cc(C(F)(F)F)cc(C(F)(F)F)c1. The lowest BCUT2D eigenvalue weighted by molar-refractivity contribution is -0.143. The molecular weight excluding hydrogens is 334 g/mol. The predicted octanol–water partition coefficient (Wildman–Crippen LogP) is 5.79. The van der Waals surface area contributed by atoms with E-state index in [-0.39, 0.29) is 6.07 Å². The van der Waals surface area contributed by atoms with Crippen LogP contribution in [0.1, 0.15) is 44.4 Å². The second-order valence-electron chi connectivity index (χ2n) is 4.69. The molecule has 0 bridgehead atoms. The summed E-state index contributed by atoms with van der Waals surface area (Å²) in [6.45, 7) is 6.30. The topological polar surface area (TPSA) is 17.1 Å². The highest BCUT2D eigenvalue weighted by molar-refractivity contribution is 6.65. The van der Waals surface area contributed by atoms with Gasteiger partial charge >= 0.3 is 12.4 Å². The van der Waals surface area contributed by atoms with Gasteiger partial charge in [-0.3, -0.25) is 4.79 Å². The van der Waals surface area contributed by atoms with Gasteiger partial charge in [0.1, 0.15) is 0 Å². The Morgan fingerprint density at radius 1 is 0.818 bits per heavy atom. The zero-order valence-corrected chi connectivity index (χ0v) is 13.0. The first-order chi connectivity index (χ1) is 9.76. The number of carbonyl (C=O) groups is 1. The third-order valence-corrected chi connectivity index (χ3v) is 3.27. The molecule has 0 aliphatic carbocycles. The normalized spacial score (nSPS) is 12.5. The van der Waals surface area contributed by atoms with E-state index in [1.807, 2.05) is 13.8 Å². The summed E-state index contributed by atoms with van der Waals surface area (Å²) in [5.41, 5.74) is -5.07. The molecule has 1 nitrogen and oxygen atoms in total. The maximum Gasteiger partial charge on any atom is 0.416 e. The quantitative estimate of drug-likeness (QED) is 0.488. The highest BCUT2D eigenvalue weighted by Crippen LogP contribution is 2.39. The lowest BCUT2D eigenvalue weighted by Gasteiger charge is -2.23. The van der Waals surface area contributed by atoms with Crippen molar-refractivity contribution in [2.45, 2.75) is 45.5 Å². The molecule has 0 N–H and O–H groups in total.